The van der Waals surface area contributed by atoms with Gasteiger partial charge in [0, 0.05) is 5.39 Å². The maximum absolute atomic E-state index is 10.6. The van der Waals surface area contributed by atoms with Crippen LogP contribution >= 0.6 is 0 Å². The number of rotatable bonds is 1. The predicted molar refractivity (Wildman–Crippen MR) is 53.2 cm³/mol. The molecule has 0 aliphatic rings. The molecule has 5 nitrogen and oxygen atoms in total. The maximum atomic E-state index is 10.6. The molecule has 1 heterocycles. The van der Waals surface area contributed by atoms with Gasteiger partial charge in [0.1, 0.15) is 5.69 Å². The number of hydrogen-bond acceptors (Lipinski definition) is 2. The number of fused-ring (bicyclic) bond motifs is 1. The Kier molecular flexibility index (Phi) is 1.78. The minimum absolute atomic E-state index is 0.0926. The summed E-state index contributed by atoms with van der Waals surface area (Å²) in [5.74, 6) is -0.0926. The van der Waals surface area contributed by atoms with Crippen LogP contribution in [0.3, 0.4) is 0 Å². The van der Waals surface area contributed by atoms with Gasteiger partial charge in [0.2, 0.25) is 5.88 Å². The summed E-state index contributed by atoms with van der Waals surface area (Å²) in [5, 5.41) is 12.5. The van der Waals surface area contributed by atoms with Crippen molar-refractivity contribution in [2.45, 2.75) is 0 Å². The van der Waals surface area contributed by atoms with Crippen LogP contribution in [0.4, 0.5) is 10.5 Å². The number of amides is 2. The molecule has 0 unspecified atom stereocenters. The molecule has 72 valence electrons. The van der Waals surface area contributed by atoms with E-state index in [2.05, 4.69) is 10.3 Å². The van der Waals surface area contributed by atoms with Gasteiger partial charge < -0.3 is 21.1 Å². The first-order chi connectivity index (χ1) is 6.68. The van der Waals surface area contributed by atoms with E-state index in [-0.39, 0.29) is 5.88 Å². The summed E-state index contributed by atoms with van der Waals surface area (Å²) in [5.41, 5.74) is 6.03. The van der Waals surface area contributed by atoms with E-state index in [1.807, 2.05) is 12.1 Å². The van der Waals surface area contributed by atoms with Gasteiger partial charge in [-0.05, 0) is 6.07 Å². The van der Waals surface area contributed by atoms with E-state index in [1.54, 1.807) is 12.1 Å². The van der Waals surface area contributed by atoms with Gasteiger partial charge in [-0.3, -0.25) is 0 Å². The van der Waals surface area contributed by atoms with Gasteiger partial charge in [0.15, 0.2) is 0 Å². The molecule has 0 atom stereocenters. The minimum atomic E-state index is -0.704. The van der Waals surface area contributed by atoms with E-state index in [1.165, 1.54) is 0 Å². The zero-order chi connectivity index (χ0) is 10.1. The fraction of sp³-hybridized carbons (Fsp3) is 0. The molecule has 1 aromatic carbocycles. The first-order valence-corrected chi connectivity index (χ1v) is 4.04. The van der Waals surface area contributed by atoms with E-state index < -0.39 is 6.03 Å². The van der Waals surface area contributed by atoms with Crippen LogP contribution in [0.15, 0.2) is 24.3 Å². The summed E-state index contributed by atoms with van der Waals surface area (Å²) in [6.07, 6.45) is 0. The van der Waals surface area contributed by atoms with Gasteiger partial charge in [-0.2, -0.15) is 0 Å². The molecule has 0 saturated carbocycles. The number of aromatic nitrogens is 1. The molecule has 0 aliphatic carbocycles. The number of nitrogens with one attached hydrogen (secondary N) is 2. The molecule has 0 saturated heterocycles. The summed E-state index contributed by atoms with van der Waals surface area (Å²) in [4.78, 5) is 13.4. The average molecular weight is 191 g/mol. The van der Waals surface area contributed by atoms with Crippen LogP contribution in [-0.4, -0.2) is 16.1 Å². The van der Waals surface area contributed by atoms with Crippen molar-refractivity contribution in [3.63, 3.8) is 0 Å². The van der Waals surface area contributed by atoms with Crippen molar-refractivity contribution in [2.75, 3.05) is 5.32 Å². The predicted octanol–water partition coefficient (Wildman–Crippen LogP) is 1.36. The number of nitrogens with two attached hydrogens (primary N) is 1. The highest BCUT2D eigenvalue weighted by Crippen LogP contribution is 2.31. The highest BCUT2D eigenvalue weighted by atomic mass is 16.3. The third kappa shape index (κ3) is 1.24. The third-order valence-corrected chi connectivity index (χ3v) is 1.93. The molecule has 1 aromatic heterocycles. The number of para-hydroxylation sites is 1. The molecule has 5 heteroatoms. The van der Waals surface area contributed by atoms with Crippen molar-refractivity contribution >= 4 is 22.6 Å². The number of carbonyl (C=O) groups excluding carboxylic acids is 1. The van der Waals surface area contributed by atoms with Gasteiger partial charge >= 0.3 is 6.03 Å². The molecule has 0 spiro atoms. The fourth-order valence-corrected chi connectivity index (χ4v) is 1.38. The maximum Gasteiger partial charge on any atom is 0.316 e. The standard InChI is InChI=1S/C9H9N3O2/c10-9(14)12-7-5-3-1-2-4-6(5)11-8(7)13/h1-4,11,13H,(H3,10,12,14). The third-order valence-electron chi connectivity index (χ3n) is 1.93. The number of anilines is 1. The van der Waals surface area contributed by atoms with Gasteiger partial charge in [0.25, 0.3) is 0 Å². The van der Waals surface area contributed by atoms with Crippen molar-refractivity contribution in [3.8, 4) is 5.88 Å². The quantitative estimate of drug-likeness (QED) is 0.548. The van der Waals surface area contributed by atoms with Crippen molar-refractivity contribution in [1.29, 1.82) is 0 Å². The lowest BCUT2D eigenvalue weighted by Gasteiger charge is -1.98. The normalized spacial score (nSPS) is 10.3. The molecule has 2 rings (SSSR count). The van der Waals surface area contributed by atoms with Crippen molar-refractivity contribution in [2.24, 2.45) is 5.73 Å². The smallest absolute Gasteiger partial charge is 0.316 e. The average Bonchev–Trinajstić information content (AvgIpc) is 2.43. The Labute approximate surface area is 79.5 Å². The summed E-state index contributed by atoms with van der Waals surface area (Å²) >= 11 is 0. The van der Waals surface area contributed by atoms with Gasteiger partial charge in [-0.15, -0.1) is 0 Å². The molecular weight excluding hydrogens is 182 g/mol. The number of H-pyrrole nitrogens is 1. The molecule has 0 bridgehead atoms. The molecular formula is C9H9N3O2. The Hall–Kier alpha value is -2.17. The SMILES string of the molecule is NC(=O)Nc1c(O)[nH]c2ccccc12. The van der Waals surface area contributed by atoms with E-state index in [0.717, 1.165) is 10.9 Å². The molecule has 0 fully saturated rings. The van der Waals surface area contributed by atoms with Gasteiger partial charge in [-0.1, -0.05) is 18.2 Å². The van der Waals surface area contributed by atoms with Crippen LogP contribution in [0, 0.1) is 0 Å². The molecule has 5 N–H and O–H groups in total. The number of aromatic hydroxyl groups is 1. The topological polar surface area (TPSA) is 91.1 Å². The van der Waals surface area contributed by atoms with Crippen LogP contribution in [-0.2, 0) is 0 Å². The second-order valence-corrected chi connectivity index (χ2v) is 2.88. The minimum Gasteiger partial charge on any atom is -0.493 e. The van der Waals surface area contributed by atoms with E-state index in [0.29, 0.717) is 5.69 Å². The zero-order valence-electron chi connectivity index (χ0n) is 7.24. The number of primary amides is 1. The first-order valence-electron chi connectivity index (χ1n) is 4.04. The Bertz CT molecular complexity index is 490. The first kappa shape index (κ1) is 8.43. The largest absolute Gasteiger partial charge is 0.493 e. The number of aromatic amines is 1. The Morgan fingerprint density at radius 1 is 1.43 bits per heavy atom. The van der Waals surface area contributed by atoms with Gasteiger partial charge in [0.05, 0.1) is 5.52 Å². The molecule has 14 heavy (non-hydrogen) atoms. The molecule has 0 aliphatic heterocycles. The summed E-state index contributed by atoms with van der Waals surface area (Å²) in [6, 6.07) is 6.50. The second-order valence-electron chi connectivity index (χ2n) is 2.88. The molecule has 2 amide bonds. The summed E-state index contributed by atoms with van der Waals surface area (Å²) in [6.45, 7) is 0. The zero-order valence-corrected chi connectivity index (χ0v) is 7.24. The van der Waals surface area contributed by atoms with E-state index in [9.17, 15) is 9.90 Å². The number of benzene rings is 1. The van der Waals surface area contributed by atoms with Crippen LogP contribution in [0.2, 0.25) is 0 Å². The highest BCUT2D eigenvalue weighted by molar-refractivity contribution is 6.03. The fourth-order valence-electron chi connectivity index (χ4n) is 1.38. The number of urea groups is 1. The van der Waals surface area contributed by atoms with Crippen molar-refractivity contribution < 1.29 is 9.90 Å². The Morgan fingerprint density at radius 2 is 2.14 bits per heavy atom. The number of hydrogen-bond donors (Lipinski definition) is 4. The lowest BCUT2D eigenvalue weighted by Crippen LogP contribution is -2.19. The molecule has 2 aromatic rings. The van der Waals surface area contributed by atoms with Crippen molar-refractivity contribution in [1.82, 2.24) is 4.98 Å². The van der Waals surface area contributed by atoms with Crippen LogP contribution in [0.25, 0.3) is 10.9 Å². The Balaban J connectivity index is 2.62. The van der Waals surface area contributed by atoms with E-state index >= 15 is 0 Å². The van der Waals surface area contributed by atoms with Crippen LogP contribution in [0.1, 0.15) is 0 Å². The number of carbonyl (C=O) groups is 1. The van der Waals surface area contributed by atoms with E-state index in [4.69, 9.17) is 5.73 Å². The lowest BCUT2D eigenvalue weighted by molar-refractivity contribution is 0.259. The lowest BCUT2D eigenvalue weighted by atomic mass is 10.2. The second kappa shape index (κ2) is 2.95. The summed E-state index contributed by atoms with van der Waals surface area (Å²) in [7, 11) is 0. The van der Waals surface area contributed by atoms with Gasteiger partial charge in [-0.25, -0.2) is 4.79 Å². The monoisotopic (exact) mass is 191 g/mol. The van der Waals surface area contributed by atoms with Crippen LogP contribution in [0.5, 0.6) is 5.88 Å². The highest BCUT2D eigenvalue weighted by Gasteiger charge is 2.10. The van der Waals surface area contributed by atoms with Crippen molar-refractivity contribution in [3.05, 3.63) is 24.3 Å². The summed E-state index contributed by atoms with van der Waals surface area (Å²) < 4.78 is 0. The molecule has 0 radical (unpaired) electrons. The van der Waals surface area contributed by atoms with Crippen LogP contribution < -0.4 is 11.1 Å². The Morgan fingerprint density at radius 3 is 2.86 bits per heavy atom.